The molecule has 0 saturated carbocycles. The molecule has 158 valence electrons. The zero-order valence-corrected chi connectivity index (χ0v) is 17.0. The van der Waals surface area contributed by atoms with Gasteiger partial charge in [-0.1, -0.05) is 12.1 Å². The third-order valence-corrected chi connectivity index (χ3v) is 6.10. The Kier molecular flexibility index (Phi) is 4.43. The highest BCUT2D eigenvalue weighted by molar-refractivity contribution is 6.03. The Balaban J connectivity index is 1.51. The van der Waals surface area contributed by atoms with E-state index in [1.54, 1.807) is 12.3 Å². The Bertz CT molecular complexity index is 1380. The Hall–Kier alpha value is -3.48. The Morgan fingerprint density at radius 3 is 2.55 bits per heavy atom. The SMILES string of the molecule is Cn1cc(-c2ccc3c(=O)[nH]ccc3c2)c2ccc(C(=O)N3CCC(F)(F)CC3)cc21. The molecular formula is C24H21F2N3O2. The molecule has 0 aliphatic carbocycles. The summed E-state index contributed by atoms with van der Waals surface area (Å²) in [5.74, 6) is -2.90. The van der Waals surface area contributed by atoms with Crippen LogP contribution in [0.1, 0.15) is 23.2 Å². The maximum Gasteiger partial charge on any atom is 0.255 e. The Labute approximate surface area is 176 Å². The van der Waals surface area contributed by atoms with Gasteiger partial charge in [-0.25, -0.2) is 8.78 Å². The number of hydrogen-bond donors (Lipinski definition) is 1. The lowest BCUT2D eigenvalue weighted by atomic mass is 10.0. The third-order valence-electron chi connectivity index (χ3n) is 6.10. The van der Waals surface area contributed by atoms with Crippen molar-refractivity contribution >= 4 is 27.6 Å². The highest BCUT2D eigenvalue weighted by atomic mass is 19.3. The maximum atomic E-state index is 13.4. The molecule has 1 aliphatic heterocycles. The molecule has 0 spiro atoms. The quantitative estimate of drug-likeness (QED) is 0.516. The van der Waals surface area contributed by atoms with Gasteiger partial charge >= 0.3 is 0 Å². The average Bonchev–Trinajstić information content (AvgIpc) is 3.09. The fourth-order valence-electron chi connectivity index (χ4n) is 4.33. The van der Waals surface area contributed by atoms with E-state index in [2.05, 4.69) is 4.98 Å². The van der Waals surface area contributed by atoms with Gasteiger partial charge in [-0.05, 0) is 41.3 Å². The molecule has 7 heteroatoms. The van der Waals surface area contributed by atoms with E-state index in [4.69, 9.17) is 0 Å². The van der Waals surface area contributed by atoms with Crippen LogP contribution in [0.15, 0.2) is 59.7 Å². The lowest BCUT2D eigenvalue weighted by Gasteiger charge is -2.31. The van der Waals surface area contributed by atoms with Crippen LogP contribution in [0.3, 0.4) is 0 Å². The number of hydrogen-bond acceptors (Lipinski definition) is 2. The number of H-pyrrole nitrogens is 1. The van der Waals surface area contributed by atoms with Gasteiger partial charge in [0.1, 0.15) is 0 Å². The summed E-state index contributed by atoms with van der Waals surface area (Å²) in [5.41, 5.74) is 3.22. The number of halogens is 2. The van der Waals surface area contributed by atoms with Crippen molar-refractivity contribution in [1.29, 1.82) is 0 Å². The second-order valence-corrected chi connectivity index (χ2v) is 8.14. The van der Waals surface area contributed by atoms with E-state index in [1.165, 1.54) is 4.90 Å². The number of benzene rings is 2. The fraction of sp³-hybridized carbons (Fsp3) is 0.250. The van der Waals surface area contributed by atoms with Gasteiger partial charge in [-0.2, -0.15) is 0 Å². The molecule has 5 nitrogen and oxygen atoms in total. The van der Waals surface area contributed by atoms with Crippen LogP contribution in [-0.4, -0.2) is 39.4 Å². The van der Waals surface area contributed by atoms with Crippen molar-refractivity contribution in [2.45, 2.75) is 18.8 Å². The first-order valence-electron chi connectivity index (χ1n) is 10.2. The van der Waals surface area contributed by atoms with E-state index in [1.807, 2.05) is 54.2 Å². The van der Waals surface area contributed by atoms with Crippen LogP contribution in [0.5, 0.6) is 0 Å². The molecule has 1 aliphatic rings. The monoisotopic (exact) mass is 421 g/mol. The first-order chi connectivity index (χ1) is 14.8. The summed E-state index contributed by atoms with van der Waals surface area (Å²) in [6, 6.07) is 13.0. The highest BCUT2D eigenvalue weighted by Gasteiger charge is 2.35. The van der Waals surface area contributed by atoms with Crippen LogP contribution in [0.2, 0.25) is 0 Å². The zero-order valence-electron chi connectivity index (χ0n) is 17.0. The maximum absolute atomic E-state index is 13.4. The van der Waals surface area contributed by atoms with E-state index in [-0.39, 0.29) is 37.4 Å². The van der Waals surface area contributed by atoms with Crippen LogP contribution in [0, 0.1) is 0 Å². The molecule has 0 atom stereocenters. The predicted molar refractivity (Wildman–Crippen MR) is 117 cm³/mol. The summed E-state index contributed by atoms with van der Waals surface area (Å²) in [7, 11) is 1.91. The number of piperidine rings is 1. The van der Waals surface area contributed by atoms with Crippen molar-refractivity contribution in [2.24, 2.45) is 7.05 Å². The highest BCUT2D eigenvalue weighted by Crippen LogP contribution is 2.33. The molecule has 2 aromatic carbocycles. The van der Waals surface area contributed by atoms with E-state index < -0.39 is 5.92 Å². The molecular weight excluding hydrogens is 400 g/mol. The Morgan fingerprint density at radius 1 is 1.03 bits per heavy atom. The first kappa shape index (κ1) is 19.5. The summed E-state index contributed by atoms with van der Waals surface area (Å²) in [6.45, 7) is 0.136. The molecule has 1 fully saturated rings. The van der Waals surface area contributed by atoms with Gasteiger partial charge in [-0.3, -0.25) is 9.59 Å². The number of aromatic nitrogens is 2. The van der Waals surface area contributed by atoms with Gasteiger partial charge in [0.15, 0.2) is 0 Å². The molecule has 1 saturated heterocycles. The molecule has 0 bridgehead atoms. The zero-order chi connectivity index (χ0) is 21.8. The van der Waals surface area contributed by atoms with Crippen molar-refractivity contribution in [1.82, 2.24) is 14.5 Å². The smallest absolute Gasteiger partial charge is 0.255 e. The molecule has 0 radical (unpaired) electrons. The number of alkyl halides is 2. The van der Waals surface area contributed by atoms with Crippen molar-refractivity contribution in [3.8, 4) is 11.1 Å². The Morgan fingerprint density at radius 2 is 1.77 bits per heavy atom. The van der Waals surface area contributed by atoms with Crippen molar-refractivity contribution in [3.05, 3.63) is 70.8 Å². The topological polar surface area (TPSA) is 58.1 Å². The van der Waals surface area contributed by atoms with E-state index in [0.717, 1.165) is 27.4 Å². The van der Waals surface area contributed by atoms with Gasteiger partial charge in [-0.15, -0.1) is 0 Å². The van der Waals surface area contributed by atoms with Crippen LogP contribution in [-0.2, 0) is 7.05 Å². The lowest BCUT2D eigenvalue weighted by molar-refractivity contribution is -0.0494. The molecule has 1 amide bonds. The minimum absolute atomic E-state index is 0.0679. The lowest BCUT2D eigenvalue weighted by Crippen LogP contribution is -2.42. The van der Waals surface area contributed by atoms with E-state index in [9.17, 15) is 18.4 Å². The third kappa shape index (κ3) is 3.40. The van der Waals surface area contributed by atoms with Crippen molar-refractivity contribution in [2.75, 3.05) is 13.1 Å². The molecule has 0 unspecified atom stereocenters. The summed E-state index contributed by atoms with van der Waals surface area (Å²) >= 11 is 0. The van der Waals surface area contributed by atoms with E-state index in [0.29, 0.717) is 10.9 Å². The number of aryl methyl sites for hydroxylation is 1. The molecule has 3 heterocycles. The normalized spacial score (nSPS) is 16.2. The number of amides is 1. The number of carbonyl (C=O) groups excluding carboxylic acids is 1. The molecule has 5 rings (SSSR count). The summed E-state index contributed by atoms with van der Waals surface area (Å²) in [6.07, 6.45) is 3.04. The van der Waals surface area contributed by atoms with Gasteiger partial charge in [0.2, 0.25) is 0 Å². The van der Waals surface area contributed by atoms with Gasteiger partial charge in [0, 0.05) is 72.8 Å². The van der Waals surface area contributed by atoms with E-state index >= 15 is 0 Å². The average molecular weight is 421 g/mol. The number of fused-ring (bicyclic) bond motifs is 2. The number of carbonyl (C=O) groups is 1. The van der Waals surface area contributed by atoms with Gasteiger partial charge < -0.3 is 14.5 Å². The summed E-state index contributed by atoms with van der Waals surface area (Å²) in [5, 5.41) is 2.46. The number of pyridine rings is 1. The number of nitrogens with zero attached hydrogens (tertiary/aromatic N) is 2. The minimum atomic E-state index is -2.68. The van der Waals surface area contributed by atoms with Crippen LogP contribution < -0.4 is 5.56 Å². The summed E-state index contributed by atoms with van der Waals surface area (Å²) < 4.78 is 28.8. The summed E-state index contributed by atoms with van der Waals surface area (Å²) in [4.78, 5) is 29.0. The first-order valence-corrected chi connectivity index (χ1v) is 10.2. The largest absolute Gasteiger partial charge is 0.350 e. The minimum Gasteiger partial charge on any atom is -0.350 e. The van der Waals surface area contributed by atoms with Crippen LogP contribution in [0.4, 0.5) is 8.78 Å². The van der Waals surface area contributed by atoms with Crippen molar-refractivity contribution in [3.63, 3.8) is 0 Å². The second kappa shape index (κ2) is 7.04. The van der Waals surface area contributed by atoms with Gasteiger partial charge in [0.25, 0.3) is 17.4 Å². The number of rotatable bonds is 2. The predicted octanol–water partition coefficient (Wildman–Crippen LogP) is 4.56. The van der Waals surface area contributed by atoms with Crippen molar-refractivity contribution < 1.29 is 13.6 Å². The molecule has 1 N–H and O–H groups in total. The number of likely N-dealkylation sites (tertiary alicyclic amines) is 1. The molecule has 4 aromatic rings. The standard InChI is InChI=1S/C24H21F2N3O2/c1-28-14-20(15-2-4-18-16(12-15)6-9-27-22(18)30)19-5-3-17(13-21(19)28)23(31)29-10-7-24(25,26)8-11-29/h2-6,9,12-14H,7-8,10-11H2,1H3,(H,27,30). The molecule has 2 aromatic heterocycles. The fourth-order valence-corrected chi connectivity index (χ4v) is 4.33. The number of nitrogens with one attached hydrogen (secondary N) is 1. The number of aromatic amines is 1. The van der Waals surface area contributed by atoms with Gasteiger partial charge in [0.05, 0.1) is 0 Å². The van der Waals surface area contributed by atoms with Crippen LogP contribution >= 0.6 is 0 Å². The molecule has 31 heavy (non-hydrogen) atoms. The van der Waals surface area contributed by atoms with Crippen LogP contribution in [0.25, 0.3) is 32.8 Å². The second-order valence-electron chi connectivity index (χ2n) is 8.14.